The van der Waals surface area contributed by atoms with Gasteiger partial charge in [0.15, 0.2) is 16.6 Å². The third kappa shape index (κ3) is 15.4. The van der Waals surface area contributed by atoms with Crippen LogP contribution in [-0.2, 0) is 54.1 Å². The summed E-state index contributed by atoms with van der Waals surface area (Å²) in [5, 5.41) is 5.94. The van der Waals surface area contributed by atoms with E-state index in [9.17, 15) is 9.59 Å². The summed E-state index contributed by atoms with van der Waals surface area (Å²) >= 11 is 0. The number of rotatable bonds is 21. The van der Waals surface area contributed by atoms with Crippen LogP contribution in [0.5, 0.6) is 0 Å². The largest absolute Gasteiger partial charge is 0.445 e. The van der Waals surface area contributed by atoms with Crippen LogP contribution in [0.25, 0.3) is 11.1 Å². The van der Waals surface area contributed by atoms with Crippen molar-refractivity contribution in [2.45, 2.75) is 110 Å². The summed E-state index contributed by atoms with van der Waals surface area (Å²) < 4.78 is 29.2. The molecule has 0 aliphatic carbocycles. The van der Waals surface area contributed by atoms with Crippen LogP contribution in [0.3, 0.4) is 0 Å². The summed E-state index contributed by atoms with van der Waals surface area (Å²) in [6.45, 7) is 25.9. The molecular formula is C43H66N2O7Si2. The number of nitrogens with one attached hydrogen (secondary N) is 2. The van der Waals surface area contributed by atoms with Crippen molar-refractivity contribution in [3.05, 3.63) is 95.1 Å². The lowest BCUT2D eigenvalue weighted by atomic mass is 9.94. The van der Waals surface area contributed by atoms with E-state index in [0.29, 0.717) is 39.5 Å². The third-order valence-corrected chi connectivity index (χ3v) is 19.5. The molecule has 0 spiro atoms. The Kier molecular flexibility index (Phi) is 17.6. The van der Waals surface area contributed by atoms with Crippen LogP contribution in [0.1, 0.15) is 70.2 Å². The van der Waals surface area contributed by atoms with Gasteiger partial charge in [0.1, 0.15) is 13.2 Å². The second-order valence-corrected chi connectivity index (χ2v) is 26.5. The summed E-state index contributed by atoms with van der Waals surface area (Å²) in [7, 11) is -3.74. The Morgan fingerprint density at radius 2 is 1.20 bits per heavy atom. The van der Waals surface area contributed by atoms with E-state index in [4.69, 9.17) is 23.1 Å². The van der Waals surface area contributed by atoms with E-state index in [1.807, 2.05) is 30.3 Å². The molecule has 0 aliphatic heterocycles. The number of carbonyl (C=O) groups excluding carboxylic acids is 2. The molecular weight excluding hydrogens is 713 g/mol. The van der Waals surface area contributed by atoms with Gasteiger partial charge < -0.3 is 33.7 Å². The van der Waals surface area contributed by atoms with Gasteiger partial charge in [0.25, 0.3) is 0 Å². The molecule has 0 radical (unpaired) electrons. The van der Waals surface area contributed by atoms with Gasteiger partial charge in [-0.15, -0.1) is 0 Å². The van der Waals surface area contributed by atoms with Crippen molar-refractivity contribution < 1.29 is 32.7 Å². The number of carbonyl (C=O) groups is 2. The molecule has 2 N–H and O–H groups in total. The second kappa shape index (κ2) is 21.1. The molecule has 3 rings (SSSR count). The molecule has 0 unspecified atom stereocenters. The molecule has 3 aromatic rings. The zero-order valence-electron chi connectivity index (χ0n) is 34.6. The molecule has 3 aromatic carbocycles. The highest BCUT2D eigenvalue weighted by Crippen LogP contribution is 2.38. The van der Waals surface area contributed by atoms with Gasteiger partial charge in [0, 0.05) is 13.1 Å². The Balaban J connectivity index is 1.45. The summed E-state index contributed by atoms with van der Waals surface area (Å²) in [5.74, 6) is -0.162. The highest BCUT2D eigenvalue weighted by atomic mass is 28.4. The minimum absolute atomic E-state index is 0.0373. The first-order valence-corrected chi connectivity index (χ1v) is 25.1. The van der Waals surface area contributed by atoms with Gasteiger partial charge in [-0.2, -0.15) is 0 Å². The molecule has 0 aliphatic rings. The number of hydrogen-bond donors (Lipinski definition) is 2. The Labute approximate surface area is 327 Å². The zero-order chi connectivity index (χ0) is 39.8. The van der Waals surface area contributed by atoms with Crippen molar-refractivity contribution in [1.82, 2.24) is 10.6 Å². The number of alkyl carbamates (subject to hydrolysis) is 1. The fraction of sp³-hybridized carbons (Fsp3) is 0.535. The van der Waals surface area contributed by atoms with Gasteiger partial charge in [-0.25, -0.2) is 4.79 Å². The fourth-order valence-electron chi connectivity index (χ4n) is 4.91. The molecule has 0 aromatic heterocycles. The Morgan fingerprint density at radius 3 is 1.83 bits per heavy atom. The minimum atomic E-state index is -1.90. The van der Waals surface area contributed by atoms with Gasteiger partial charge in [0.05, 0.1) is 33.0 Å². The van der Waals surface area contributed by atoms with Crippen LogP contribution in [0.15, 0.2) is 72.8 Å². The molecule has 0 saturated heterocycles. The summed E-state index contributed by atoms with van der Waals surface area (Å²) in [6.07, 6.45) is 1.10. The van der Waals surface area contributed by atoms with Crippen LogP contribution in [0, 0.1) is 0 Å². The lowest BCUT2D eigenvalue weighted by Gasteiger charge is -2.36. The number of hydrogen-bond acceptors (Lipinski definition) is 7. The van der Waals surface area contributed by atoms with E-state index in [1.165, 1.54) is 16.7 Å². The maximum Gasteiger partial charge on any atom is 0.407 e. The predicted molar refractivity (Wildman–Crippen MR) is 223 cm³/mol. The lowest BCUT2D eigenvalue weighted by molar-refractivity contribution is -0.126. The molecule has 0 heterocycles. The first-order valence-electron chi connectivity index (χ1n) is 19.2. The van der Waals surface area contributed by atoms with E-state index in [0.717, 1.165) is 29.5 Å². The van der Waals surface area contributed by atoms with E-state index in [-0.39, 0.29) is 35.8 Å². The van der Waals surface area contributed by atoms with E-state index >= 15 is 0 Å². The van der Waals surface area contributed by atoms with Crippen LogP contribution < -0.4 is 10.6 Å². The molecule has 0 saturated carbocycles. The van der Waals surface area contributed by atoms with Crippen LogP contribution in [0.4, 0.5) is 4.79 Å². The monoisotopic (exact) mass is 778 g/mol. The Bertz CT molecular complexity index is 1580. The van der Waals surface area contributed by atoms with E-state index in [1.54, 1.807) is 0 Å². The maximum atomic E-state index is 12.5. The number of ether oxygens (including phenoxy) is 3. The number of benzene rings is 3. The first-order chi connectivity index (χ1) is 25.4. The highest BCUT2D eigenvalue weighted by molar-refractivity contribution is 6.74. The molecule has 0 atom stereocenters. The van der Waals surface area contributed by atoms with Crippen molar-refractivity contribution in [3.63, 3.8) is 0 Å². The van der Waals surface area contributed by atoms with Gasteiger partial charge in [-0.05, 0) is 82.5 Å². The van der Waals surface area contributed by atoms with Crippen LogP contribution in [-0.4, -0.2) is 68.2 Å². The maximum absolute atomic E-state index is 12.5. The summed E-state index contributed by atoms with van der Waals surface area (Å²) in [5.41, 5.74) is 6.85. The second-order valence-electron chi connectivity index (χ2n) is 16.9. The number of amides is 2. The van der Waals surface area contributed by atoms with Gasteiger partial charge in [-0.3, -0.25) is 4.79 Å². The molecule has 2 amide bonds. The van der Waals surface area contributed by atoms with Crippen molar-refractivity contribution in [2.24, 2.45) is 0 Å². The number of aryl methyl sites for hydroxylation is 1. The smallest absolute Gasteiger partial charge is 0.407 e. The van der Waals surface area contributed by atoms with Crippen molar-refractivity contribution in [1.29, 1.82) is 0 Å². The van der Waals surface area contributed by atoms with Crippen molar-refractivity contribution in [2.75, 3.05) is 39.5 Å². The van der Waals surface area contributed by atoms with Crippen molar-refractivity contribution >= 4 is 28.6 Å². The first kappa shape index (κ1) is 45.1. The molecule has 0 bridgehead atoms. The Morgan fingerprint density at radius 1 is 0.630 bits per heavy atom. The van der Waals surface area contributed by atoms with Gasteiger partial charge in [0.2, 0.25) is 5.91 Å². The van der Waals surface area contributed by atoms with Crippen LogP contribution in [0.2, 0.25) is 36.3 Å². The standard InChI is InChI=1S/C43H66N2O7Si2/c1-42(2,3)53(7,8)51-31-35-18-21-37(22-19-35)39-23-20-36(32-52-54(9,10)43(4,5)6)29-38(39)17-14-24-44-40(46)33-49-28-27-48-26-25-45-41(47)50-30-34-15-12-11-13-16-34/h11-13,15-16,18-23,29H,14,17,24-28,30-33H2,1-10H3,(H,44,46)(H,45,47). The van der Waals surface area contributed by atoms with Crippen LogP contribution >= 0.6 is 0 Å². The summed E-state index contributed by atoms with van der Waals surface area (Å²) in [6, 6.07) is 24.9. The molecule has 298 valence electrons. The van der Waals surface area contributed by atoms with E-state index in [2.05, 4.69) is 121 Å². The van der Waals surface area contributed by atoms with Gasteiger partial charge in [-0.1, -0.05) is 114 Å². The normalized spacial score (nSPS) is 12.4. The predicted octanol–water partition coefficient (Wildman–Crippen LogP) is 9.41. The molecule has 9 nitrogen and oxygen atoms in total. The Hall–Kier alpha value is -3.33. The third-order valence-electron chi connectivity index (χ3n) is 10.5. The molecule has 0 fully saturated rings. The topological polar surface area (TPSA) is 104 Å². The highest BCUT2D eigenvalue weighted by Gasteiger charge is 2.38. The average molecular weight is 779 g/mol. The molecule has 11 heteroatoms. The zero-order valence-corrected chi connectivity index (χ0v) is 36.6. The lowest BCUT2D eigenvalue weighted by Crippen LogP contribution is -2.40. The fourth-order valence-corrected chi connectivity index (χ4v) is 6.83. The van der Waals surface area contributed by atoms with E-state index < -0.39 is 22.7 Å². The summed E-state index contributed by atoms with van der Waals surface area (Å²) in [4.78, 5) is 24.3. The molecule has 54 heavy (non-hydrogen) atoms. The van der Waals surface area contributed by atoms with Crippen molar-refractivity contribution in [3.8, 4) is 11.1 Å². The minimum Gasteiger partial charge on any atom is -0.445 e. The van der Waals surface area contributed by atoms with Gasteiger partial charge >= 0.3 is 6.09 Å². The average Bonchev–Trinajstić information content (AvgIpc) is 3.11. The quantitative estimate of drug-likeness (QED) is 0.0821. The SMILES string of the molecule is CC(C)(C)[Si](C)(C)OCc1ccc(-c2ccc(CO[Si](C)(C)C(C)(C)C)cc2CCCNC(=O)COCCOCCNC(=O)OCc2ccccc2)cc1.